The minimum absolute atomic E-state index is 0.0662. The minimum atomic E-state index is -3.21. The van der Waals surface area contributed by atoms with Gasteiger partial charge in [0.25, 0.3) is 11.8 Å². The van der Waals surface area contributed by atoms with Gasteiger partial charge >= 0.3 is 0 Å². The molecule has 2 aliphatic rings. The number of para-hydroxylation sites is 1. The van der Waals surface area contributed by atoms with E-state index in [2.05, 4.69) is 15.7 Å². The fourth-order valence-electron chi connectivity index (χ4n) is 3.09. The van der Waals surface area contributed by atoms with Gasteiger partial charge in [-0.25, -0.2) is 22.7 Å². The van der Waals surface area contributed by atoms with E-state index in [9.17, 15) is 18.0 Å². The Morgan fingerprint density at radius 3 is 2.44 bits per heavy atom. The van der Waals surface area contributed by atoms with Crippen LogP contribution in [0.1, 0.15) is 19.8 Å². The van der Waals surface area contributed by atoms with Crippen molar-refractivity contribution < 1.29 is 18.0 Å². The SMILES string of the molecule is CC1N=C(C(=O)NC2CCN(S(C)(=O)=O)CC2)NN(c2ccccc2)C1=O. The molecule has 0 spiro atoms. The van der Waals surface area contributed by atoms with Crippen LogP contribution in [0.4, 0.5) is 5.69 Å². The molecule has 1 aromatic carbocycles. The highest BCUT2D eigenvalue weighted by molar-refractivity contribution is 7.88. The second-order valence-corrected chi connectivity index (χ2v) is 8.67. The molecule has 0 aliphatic carbocycles. The molecule has 2 N–H and O–H groups in total. The zero-order valence-electron chi connectivity index (χ0n) is 15.3. The third-order valence-corrected chi connectivity index (χ3v) is 5.91. The fraction of sp³-hybridized carbons (Fsp3) is 0.471. The highest BCUT2D eigenvalue weighted by atomic mass is 32.2. The predicted octanol–water partition coefficient (Wildman–Crippen LogP) is -0.135. The van der Waals surface area contributed by atoms with Crippen molar-refractivity contribution in [1.82, 2.24) is 15.0 Å². The largest absolute Gasteiger partial charge is 0.347 e. The number of piperidine rings is 1. The molecule has 1 atom stereocenters. The molecule has 9 nitrogen and oxygen atoms in total. The average molecular weight is 393 g/mol. The molecular formula is C17H23N5O4S. The maximum absolute atomic E-state index is 12.6. The van der Waals surface area contributed by atoms with Gasteiger partial charge in [0.2, 0.25) is 15.9 Å². The molecule has 2 heterocycles. The van der Waals surface area contributed by atoms with Crippen LogP contribution in [0.15, 0.2) is 35.3 Å². The third kappa shape index (κ3) is 4.45. The summed E-state index contributed by atoms with van der Waals surface area (Å²) in [5, 5.41) is 4.19. The summed E-state index contributed by atoms with van der Waals surface area (Å²) in [6.07, 6.45) is 2.25. The number of rotatable bonds is 4. The van der Waals surface area contributed by atoms with Crippen molar-refractivity contribution in [3.8, 4) is 0 Å². The van der Waals surface area contributed by atoms with Gasteiger partial charge in [-0.2, -0.15) is 0 Å². The number of amides is 2. The van der Waals surface area contributed by atoms with Crippen molar-refractivity contribution in [3.05, 3.63) is 30.3 Å². The number of hydrogen-bond donors (Lipinski definition) is 2. The molecule has 0 saturated carbocycles. The van der Waals surface area contributed by atoms with E-state index < -0.39 is 22.0 Å². The first-order valence-corrected chi connectivity index (χ1v) is 10.6. The number of carbonyl (C=O) groups is 2. The van der Waals surface area contributed by atoms with E-state index in [1.807, 2.05) is 6.07 Å². The van der Waals surface area contributed by atoms with Crippen molar-refractivity contribution in [2.24, 2.45) is 4.99 Å². The van der Waals surface area contributed by atoms with Crippen LogP contribution >= 0.6 is 0 Å². The van der Waals surface area contributed by atoms with Gasteiger partial charge in [-0.05, 0) is 31.9 Å². The lowest BCUT2D eigenvalue weighted by Gasteiger charge is -2.33. The Hall–Kier alpha value is -2.46. The van der Waals surface area contributed by atoms with Crippen LogP contribution in [0.25, 0.3) is 0 Å². The molecule has 146 valence electrons. The summed E-state index contributed by atoms with van der Waals surface area (Å²) in [5.41, 5.74) is 3.41. The van der Waals surface area contributed by atoms with Gasteiger partial charge in [0, 0.05) is 19.1 Å². The van der Waals surface area contributed by atoms with E-state index in [4.69, 9.17) is 0 Å². The number of nitrogens with one attached hydrogen (secondary N) is 2. The van der Waals surface area contributed by atoms with E-state index in [0.717, 1.165) is 0 Å². The molecule has 10 heteroatoms. The number of amidine groups is 1. The molecule has 1 unspecified atom stereocenters. The van der Waals surface area contributed by atoms with Crippen LogP contribution in [-0.2, 0) is 19.6 Å². The van der Waals surface area contributed by atoms with Crippen molar-refractivity contribution in [1.29, 1.82) is 0 Å². The van der Waals surface area contributed by atoms with Gasteiger partial charge in [-0.3, -0.25) is 15.0 Å². The summed E-state index contributed by atoms with van der Waals surface area (Å²) in [4.78, 5) is 29.1. The molecule has 0 aromatic heterocycles. The van der Waals surface area contributed by atoms with Crippen LogP contribution < -0.4 is 15.8 Å². The van der Waals surface area contributed by atoms with E-state index in [-0.39, 0.29) is 17.8 Å². The number of hydrazine groups is 1. The van der Waals surface area contributed by atoms with Gasteiger partial charge in [0.15, 0.2) is 0 Å². The van der Waals surface area contributed by atoms with Gasteiger partial charge in [0.1, 0.15) is 6.04 Å². The lowest BCUT2D eigenvalue weighted by molar-refractivity contribution is -0.120. The Labute approximate surface area is 158 Å². The number of nitrogens with zero attached hydrogens (tertiary/aromatic N) is 3. The van der Waals surface area contributed by atoms with E-state index in [0.29, 0.717) is 31.6 Å². The Bertz CT molecular complexity index is 847. The quantitative estimate of drug-likeness (QED) is 0.740. The lowest BCUT2D eigenvalue weighted by Crippen LogP contribution is -2.59. The second-order valence-electron chi connectivity index (χ2n) is 6.68. The Morgan fingerprint density at radius 2 is 1.85 bits per heavy atom. The standard InChI is InChI=1S/C17H23N5O4S/c1-12-17(24)22(14-6-4-3-5-7-14)20-15(18-12)16(23)19-13-8-10-21(11-9-13)27(2,25)26/h3-7,12-13H,8-11H2,1-2H3,(H,18,20)(H,19,23). The molecule has 0 radical (unpaired) electrons. The highest BCUT2D eigenvalue weighted by Gasteiger charge is 2.32. The van der Waals surface area contributed by atoms with Crippen molar-refractivity contribution >= 4 is 33.4 Å². The summed E-state index contributed by atoms with van der Waals surface area (Å²) >= 11 is 0. The Balaban J connectivity index is 1.65. The molecule has 1 aromatic rings. The summed E-state index contributed by atoms with van der Waals surface area (Å²) in [6, 6.07) is 8.15. The molecule has 0 bridgehead atoms. The fourth-order valence-corrected chi connectivity index (χ4v) is 3.96. The normalized spacial score (nSPS) is 22.1. The number of aliphatic imine (C=N–C) groups is 1. The first-order chi connectivity index (χ1) is 12.8. The van der Waals surface area contributed by atoms with Crippen molar-refractivity contribution in [2.75, 3.05) is 24.4 Å². The van der Waals surface area contributed by atoms with Gasteiger partial charge in [-0.15, -0.1) is 0 Å². The molecule has 2 amide bonds. The molecular weight excluding hydrogens is 370 g/mol. The third-order valence-electron chi connectivity index (χ3n) is 4.61. The average Bonchev–Trinajstić information content (AvgIpc) is 2.64. The van der Waals surface area contributed by atoms with E-state index in [1.165, 1.54) is 15.6 Å². The van der Waals surface area contributed by atoms with Crippen LogP contribution in [0.2, 0.25) is 0 Å². The predicted molar refractivity (Wildman–Crippen MR) is 102 cm³/mol. The highest BCUT2D eigenvalue weighted by Crippen LogP contribution is 2.17. The van der Waals surface area contributed by atoms with Crippen LogP contribution in [0.5, 0.6) is 0 Å². The summed E-state index contributed by atoms with van der Waals surface area (Å²) in [7, 11) is -3.21. The monoisotopic (exact) mass is 393 g/mol. The zero-order chi connectivity index (χ0) is 19.6. The second kappa shape index (κ2) is 7.65. The first-order valence-electron chi connectivity index (χ1n) is 8.75. The van der Waals surface area contributed by atoms with Crippen LogP contribution in [0.3, 0.4) is 0 Å². The minimum Gasteiger partial charge on any atom is -0.347 e. The molecule has 2 aliphatic heterocycles. The topological polar surface area (TPSA) is 111 Å². The zero-order valence-corrected chi connectivity index (χ0v) is 16.1. The van der Waals surface area contributed by atoms with E-state index >= 15 is 0 Å². The Morgan fingerprint density at radius 1 is 1.22 bits per heavy atom. The molecule has 3 rings (SSSR count). The molecule has 27 heavy (non-hydrogen) atoms. The number of anilines is 1. The maximum atomic E-state index is 12.6. The van der Waals surface area contributed by atoms with Crippen LogP contribution in [0, 0.1) is 0 Å². The summed E-state index contributed by atoms with van der Waals surface area (Å²) in [6.45, 7) is 2.38. The van der Waals surface area contributed by atoms with Crippen LogP contribution in [-0.4, -0.2) is 61.8 Å². The number of carbonyl (C=O) groups excluding carboxylic acids is 2. The van der Waals surface area contributed by atoms with Gasteiger partial charge < -0.3 is 5.32 Å². The van der Waals surface area contributed by atoms with Crippen molar-refractivity contribution in [2.45, 2.75) is 31.8 Å². The van der Waals surface area contributed by atoms with Gasteiger partial charge in [0.05, 0.1) is 11.9 Å². The smallest absolute Gasteiger partial charge is 0.288 e. The maximum Gasteiger partial charge on any atom is 0.288 e. The number of sulfonamides is 1. The first kappa shape index (κ1) is 19.3. The Kier molecular flexibility index (Phi) is 5.47. The summed E-state index contributed by atoms with van der Waals surface area (Å²) in [5.74, 6) is -0.594. The van der Waals surface area contributed by atoms with Gasteiger partial charge in [-0.1, -0.05) is 18.2 Å². The van der Waals surface area contributed by atoms with E-state index in [1.54, 1.807) is 31.2 Å². The summed E-state index contributed by atoms with van der Waals surface area (Å²) < 4.78 is 24.6. The molecule has 1 fully saturated rings. The molecule has 1 saturated heterocycles. The lowest BCUT2D eigenvalue weighted by atomic mass is 10.1. The van der Waals surface area contributed by atoms with Crippen molar-refractivity contribution in [3.63, 3.8) is 0 Å². The number of hydrogen-bond acceptors (Lipinski definition) is 6. The number of benzene rings is 1.